The largest absolute Gasteiger partial charge is 0.390 e. The van der Waals surface area contributed by atoms with Gasteiger partial charge in [0.25, 0.3) is 0 Å². The van der Waals surface area contributed by atoms with Gasteiger partial charge in [0.15, 0.2) is 0 Å². The Morgan fingerprint density at radius 1 is 1.33 bits per heavy atom. The van der Waals surface area contributed by atoms with E-state index >= 15 is 0 Å². The lowest BCUT2D eigenvalue weighted by Crippen LogP contribution is -2.54. The van der Waals surface area contributed by atoms with Gasteiger partial charge in [-0.05, 0) is 31.7 Å². The van der Waals surface area contributed by atoms with Gasteiger partial charge in [-0.15, -0.1) is 0 Å². The zero-order valence-corrected chi connectivity index (χ0v) is 15.8. The molecule has 0 radical (unpaired) electrons. The zero-order valence-electron chi connectivity index (χ0n) is 15.8. The van der Waals surface area contributed by atoms with Gasteiger partial charge in [0.1, 0.15) is 12.1 Å². The fourth-order valence-electron chi connectivity index (χ4n) is 3.41. The van der Waals surface area contributed by atoms with Gasteiger partial charge >= 0.3 is 0 Å². The molecule has 1 heterocycles. The number of nitrogens with one attached hydrogen (secondary N) is 3. The second-order valence-electron chi connectivity index (χ2n) is 7.70. The number of rotatable bonds is 7. The smallest absolute Gasteiger partial charge is 0.247 e. The Kier molecular flexibility index (Phi) is 7.34. The van der Waals surface area contributed by atoms with E-state index in [9.17, 15) is 24.6 Å². The van der Waals surface area contributed by atoms with Crippen LogP contribution in [0, 0.1) is 5.92 Å². The van der Waals surface area contributed by atoms with Crippen molar-refractivity contribution in [1.29, 1.82) is 0 Å². The first-order valence-corrected chi connectivity index (χ1v) is 9.39. The third-order valence-corrected chi connectivity index (χ3v) is 4.91. The number of aliphatic hydroxyl groups excluding tert-OH is 2. The second-order valence-corrected chi connectivity index (χ2v) is 7.70. The van der Waals surface area contributed by atoms with E-state index in [1.54, 1.807) is 0 Å². The standard InChI is InChI=1S/C18H30N4O5/c1-9(2)6-13(16(19)25)22-17(26)10-7-12(15(24)14(23)8-10)21-18(27)11-4-3-5-20-11/h7,9,11-15,20,23-24H,3-6,8H2,1-2H3,(H2,19,25)(H,21,27)(H,22,26)/t11-,12-,13-,14-,15-/m1/s1. The number of hydrogen-bond acceptors (Lipinski definition) is 6. The first-order chi connectivity index (χ1) is 12.7. The van der Waals surface area contributed by atoms with Gasteiger partial charge in [-0.1, -0.05) is 19.9 Å². The van der Waals surface area contributed by atoms with Crippen molar-refractivity contribution in [2.45, 2.75) is 69.9 Å². The van der Waals surface area contributed by atoms with Crippen LogP contribution in [0.4, 0.5) is 0 Å². The van der Waals surface area contributed by atoms with E-state index in [4.69, 9.17) is 5.73 Å². The van der Waals surface area contributed by atoms with Crippen LogP contribution in [0.15, 0.2) is 11.6 Å². The van der Waals surface area contributed by atoms with Gasteiger partial charge in [0, 0.05) is 12.0 Å². The lowest BCUT2D eigenvalue weighted by atomic mass is 9.89. The van der Waals surface area contributed by atoms with E-state index < -0.39 is 36.1 Å². The predicted octanol–water partition coefficient (Wildman–Crippen LogP) is -1.71. The molecule has 0 aromatic rings. The predicted molar refractivity (Wildman–Crippen MR) is 98.2 cm³/mol. The molecule has 0 saturated carbocycles. The van der Waals surface area contributed by atoms with Gasteiger partial charge in [-0.3, -0.25) is 14.4 Å². The van der Waals surface area contributed by atoms with Crippen LogP contribution in [0.25, 0.3) is 0 Å². The maximum atomic E-state index is 12.5. The van der Waals surface area contributed by atoms with Crippen molar-refractivity contribution in [3.05, 3.63) is 11.6 Å². The molecule has 2 aliphatic rings. The number of aliphatic hydroxyl groups is 2. The SMILES string of the molecule is CC(C)C[C@@H](NC(=O)C1=C[C@@H](NC(=O)[C@H]2CCCN2)[C@@H](O)[C@H](O)C1)C(N)=O. The normalized spacial score (nSPS) is 29.1. The number of carbonyl (C=O) groups excluding carboxylic acids is 3. The summed E-state index contributed by atoms with van der Waals surface area (Å²) >= 11 is 0. The van der Waals surface area contributed by atoms with E-state index in [2.05, 4.69) is 16.0 Å². The molecule has 7 N–H and O–H groups in total. The highest BCUT2D eigenvalue weighted by atomic mass is 16.3. The lowest BCUT2D eigenvalue weighted by Gasteiger charge is -2.32. The maximum Gasteiger partial charge on any atom is 0.247 e. The van der Waals surface area contributed by atoms with Gasteiger partial charge in [-0.2, -0.15) is 0 Å². The average Bonchev–Trinajstić information content (AvgIpc) is 3.12. The second kappa shape index (κ2) is 9.29. The molecule has 9 heteroatoms. The molecule has 27 heavy (non-hydrogen) atoms. The molecule has 1 fully saturated rings. The third kappa shape index (κ3) is 5.75. The van der Waals surface area contributed by atoms with E-state index in [1.807, 2.05) is 13.8 Å². The first kappa shape index (κ1) is 21.3. The Morgan fingerprint density at radius 3 is 2.59 bits per heavy atom. The number of nitrogens with two attached hydrogens (primary N) is 1. The van der Waals surface area contributed by atoms with E-state index in [-0.39, 0.29) is 29.9 Å². The fraction of sp³-hybridized carbons (Fsp3) is 0.722. The highest BCUT2D eigenvalue weighted by molar-refractivity contribution is 5.97. The van der Waals surface area contributed by atoms with Gasteiger partial charge in [0.2, 0.25) is 17.7 Å². The molecule has 2 rings (SSSR count). The van der Waals surface area contributed by atoms with Crippen molar-refractivity contribution in [3.63, 3.8) is 0 Å². The number of amides is 3. The monoisotopic (exact) mass is 382 g/mol. The van der Waals surface area contributed by atoms with Gasteiger partial charge in [0.05, 0.1) is 18.2 Å². The van der Waals surface area contributed by atoms with Crippen molar-refractivity contribution in [1.82, 2.24) is 16.0 Å². The Hall–Kier alpha value is -1.97. The number of carbonyl (C=O) groups is 3. The highest BCUT2D eigenvalue weighted by Crippen LogP contribution is 2.21. The highest BCUT2D eigenvalue weighted by Gasteiger charge is 2.35. The molecule has 0 bridgehead atoms. The fourth-order valence-corrected chi connectivity index (χ4v) is 3.41. The van der Waals surface area contributed by atoms with Crippen LogP contribution in [0.2, 0.25) is 0 Å². The van der Waals surface area contributed by atoms with Crippen molar-refractivity contribution in [2.75, 3.05) is 6.54 Å². The van der Waals surface area contributed by atoms with Gasteiger partial charge < -0.3 is 31.9 Å². The Labute approximate surface area is 158 Å². The summed E-state index contributed by atoms with van der Waals surface area (Å²) in [6, 6.07) is -2.05. The van der Waals surface area contributed by atoms with Crippen molar-refractivity contribution in [2.24, 2.45) is 11.7 Å². The minimum atomic E-state index is -1.21. The average molecular weight is 382 g/mol. The molecular formula is C18H30N4O5. The van der Waals surface area contributed by atoms with E-state index in [0.717, 1.165) is 13.0 Å². The Morgan fingerprint density at radius 2 is 2.04 bits per heavy atom. The Bertz CT molecular complexity index is 601. The van der Waals surface area contributed by atoms with Crippen molar-refractivity contribution < 1.29 is 24.6 Å². The number of primary amides is 1. The number of hydrogen-bond donors (Lipinski definition) is 6. The summed E-state index contributed by atoms with van der Waals surface area (Å²) in [5.74, 6) is -1.30. The molecule has 9 nitrogen and oxygen atoms in total. The summed E-state index contributed by atoms with van der Waals surface area (Å²) in [5.41, 5.74) is 5.55. The topological polar surface area (TPSA) is 154 Å². The van der Waals surface area contributed by atoms with Crippen LogP contribution in [-0.2, 0) is 14.4 Å². The van der Waals surface area contributed by atoms with Crippen LogP contribution in [-0.4, -0.2) is 64.8 Å². The third-order valence-electron chi connectivity index (χ3n) is 4.91. The quantitative estimate of drug-likeness (QED) is 0.308. The molecule has 1 aliphatic carbocycles. The molecule has 5 atom stereocenters. The molecule has 1 aliphatic heterocycles. The maximum absolute atomic E-state index is 12.5. The van der Waals surface area contributed by atoms with Crippen molar-refractivity contribution >= 4 is 17.7 Å². The minimum absolute atomic E-state index is 0.0752. The molecule has 1 saturated heterocycles. The van der Waals surface area contributed by atoms with Gasteiger partial charge in [-0.25, -0.2) is 0 Å². The summed E-state index contributed by atoms with van der Waals surface area (Å²) in [4.78, 5) is 36.4. The zero-order chi connectivity index (χ0) is 20.1. The molecule has 0 unspecified atom stereocenters. The summed E-state index contributed by atoms with van der Waals surface area (Å²) < 4.78 is 0. The first-order valence-electron chi connectivity index (χ1n) is 9.39. The van der Waals surface area contributed by atoms with Crippen LogP contribution < -0.4 is 21.7 Å². The molecular weight excluding hydrogens is 352 g/mol. The van der Waals surface area contributed by atoms with Crippen LogP contribution >= 0.6 is 0 Å². The van der Waals surface area contributed by atoms with Crippen LogP contribution in [0.5, 0.6) is 0 Å². The van der Waals surface area contributed by atoms with Crippen LogP contribution in [0.1, 0.15) is 39.5 Å². The van der Waals surface area contributed by atoms with E-state index in [0.29, 0.717) is 12.8 Å². The molecule has 0 aromatic heterocycles. The minimum Gasteiger partial charge on any atom is -0.390 e. The summed E-state index contributed by atoms with van der Waals surface area (Å²) in [6.07, 6.45) is 0.934. The Balaban J connectivity index is 2.08. The molecule has 0 aromatic carbocycles. The van der Waals surface area contributed by atoms with Crippen LogP contribution in [0.3, 0.4) is 0 Å². The summed E-state index contributed by atoms with van der Waals surface area (Å²) in [7, 11) is 0. The van der Waals surface area contributed by atoms with E-state index in [1.165, 1.54) is 6.08 Å². The summed E-state index contributed by atoms with van der Waals surface area (Å²) in [6.45, 7) is 4.57. The molecule has 3 amide bonds. The molecule has 0 spiro atoms. The lowest BCUT2D eigenvalue weighted by molar-refractivity contribution is -0.126. The summed E-state index contributed by atoms with van der Waals surface area (Å²) in [5, 5.41) is 28.6. The molecule has 152 valence electrons. The van der Waals surface area contributed by atoms with Crippen molar-refractivity contribution in [3.8, 4) is 0 Å².